The van der Waals surface area contributed by atoms with E-state index in [1.165, 1.54) is 18.3 Å². The van der Waals surface area contributed by atoms with Crippen LogP contribution in [0.3, 0.4) is 0 Å². The number of carbonyl (C=O) groups is 1. The van der Waals surface area contributed by atoms with Crippen molar-refractivity contribution in [1.29, 1.82) is 0 Å². The van der Waals surface area contributed by atoms with Crippen molar-refractivity contribution < 1.29 is 23.9 Å². The highest BCUT2D eigenvalue weighted by molar-refractivity contribution is 5.82. The summed E-state index contributed by atoms with van der Waals surface area (Å²) in [6.45, 7) is 5.17. The van der Waals surface area contributed by atoms with Gasteiger partial charge in [-0.3, -0.25) is 10.1 Å². The van der Waals surface area contributed by atoms with Gasteiger partial charge in [0.1, 0.15) is 17.1 Å². The second-order valence-corrected chi connectivity index (χ2v) is 6.63. The molecule has 0 fully saturated rings. The van der Waals surface area contributed by atoms with Crippen molar-refractivity contribution in [3.63, 3.8) is 0 Å². The fraction of sp³-hybridized carbons (Fsp3) is 0.263. The molecule has 2 rings (SSSR count). The molecule has 9 nitrogen and oxygen atoms in total. The Hall–Kier alpha value is -3.62. The van der Waals surface area contributed by atoms with Gasteiger partial charge in [-0.1, -0.05) is 0 Å². The highest BCUT2D eigenvalue weighted by Crippen LogP contribution is 2.32. The van der Waals surface area contributed by atoms with Crippen LogP contribution in [-0.4, -0.2) is 29.9 Å². The van der Waals surface area contributed by atoms with Crippen molar-refractivity contribution in [2.24, 2.45) is 5.10 Å². The van der Waals surface area contributed by atoms with E-state index >= 15 is 0 Å². The molecule has 1 amide bonds. The number of methoxy groups -OCH3 is 1. The lowest BCUT2D eigenvalue weighted by Gasteiger charge is -2.18. The fourth-order valence-electron chi connectivity index (χ4n) is 2.07. The molecule has 0 atom stereocenters. The molecule has 2 aromatic rings. The van der Waals surface area contributed by atoms with Gasteiger partial charge in [0, 0.05) is 11.6 Å². The van der Waals surface area contributed by atoms with Crippen LogP contribution in [0.4, 0.5) is 10.5 Å². The van der Waals surface area contributed by atoms with Gasteiger partial charge in [0.2, 0.25) is 5.75 Å². The molecule has 0 spiro atoms. The van der Waals surface area contributed by atoms with E-state index < -0.39 is 16.6 Å². The molecular formula is C19H21N3O6. The van der Waals surface area contributed by atoms with Crippen molar-refractivity contribution in [3.8, 4) is 17.2 Å². The Morgan fingerprint density at radius 3 is 2.36 bits per heavy atom. The average Bonchev–Trinajstić information content (AvgIpc) is 2.61. The Bertz CT molecular complexity index is 872. The maximum absolute atomic E-state index is 11.5. The number of benzene rings is 2. The van der Waals surface area contributed by atoms with E-state index in [-0.39, 0.29) is 11.4 Å². The van der Waals surface area contributed by atoms with Crippen molar-refractivity contribution in [2.75, 3.05) is 7.11 Å². The smallest absolute Gasteiger partial charge is 0.428 e. The number of hydrogen-bond donors (Lipinski definition) is 1. The number of hydrazone groups is 1. The van der Waals surface area contributed by atoms with Crippen molar-refractivity contribution in [1.82, 2.24) is 5.43 Å². The molecule has 0 bridgehead atoms. The lowest BCUT2D eigenvalue weighted by molar-refractivity contribution is -0.385. The molecule has 0 saturated heterocycles. The lowest BCUT2D eigenvalue weighted by Crippen LogP contribution is -2.29. The predicted octanol–water partition coefficient (Wildman–Crippen LogP) is 4.25. The van der Waals surface area contributed by atoms with Crippen molar-refractivity contribution >= 4 is 18.0 Å². The summed E-state index contributed by atoms with van der Waals surface area (Å²) < 4.78 is 15.7. The van der Waals surface area contributed by atoms with Crippen LogP contribution in [0.5, 0.6) is 17.2 Å². The topological polar surface area (TPSA) is 112 Å². The van der Waals surface area contributed by atoms with Crippen LogP contribution in [0.25, 0.3) is 0 Å². The van der Waals surface area contributed by atoms with Crippen molar-refractivity contribution in [3.05, 3.63) is 58.1 Å². The zero-order valence-corrected chi connectivity index (χ0v) is 16.0. The van der Waals surface area contributed by atoms with Gasteiger partial charge < -0.3 is 14.2 Å². The fourth-order valence-corrected chi connectivity index (χ4v) is 2.07. The summed E-state index contributed by atoms with van der Waals surface area (Å²) >= 11 is 0. The largest absolute Gasteiger partial charge is 0.497 e. The number of nitro benzene ring substituents is 1. The highest BCUT2D eigenvalue weighted by atomic mass is 16.6. The molecule has 2 aromatic carbocycles. The summed E-state index contributed by atoms with van der Waals surface area (Å²) in [7, 11) is 1.54. The van der Waals surface area contributed by atoms with Gasteiger partial charge in [-0.25, -0.2) is 10.2 Å². The average molecular weight is 387 g/mol. The first-order valence-electron chi connectivity index (χ1n) is 8.30. The summed E-state index contributed by atoms with van der Waals surface area (Å²) in [5.41, 5.74) is 1.71. The van der Waals surface area contributed by atoms with E-state index in [1.54, 1.807) is 58.2 Å². The maximum Gasteiger partial charge on any atom is 0.428 e. The molecular weight excluding hydrogens is 366 g/mol. The molecule has 148 valence electrons. The van der Waals surface area contributed by atoms with Gasteiger partial charge in [-0.2, -0.15) is 5.10 Å². The van der Waals surface area contributed by atoms with E-state index in [9.17, 15) is 14.9 Å². The minimum atomic E-state index is -0.724. The molecule has 9 heteroatoms. The minimum absolute atomic E-state index is 0.0763. The van der Waals surface area contributed by atoms with E-state index in [0.717, 1.165) is 0 Å². The molecule has 0 aliphatic carbocycles. The third-order valence-electron chi connectivity index (χ3n) is 3.24. The Kier molecular flexibility index (Phi) is 6.54. The van der Waals surface area contributed by atoms with Gasteiger partial charge >= 0.3 is 11.8 Å². The molecule has 1 N–H and O–H groups in total. The number of nitro groups is 1. The van der Waals surface area contributed by atoms with E-state index in [2.05, 4.69) is 10.5 Å². The first-order valence-corrected chi connectivity index (χ1v) is 8.30. The van der Waals surface area contributed by atoms with Gasteiger partial charge in [0.25, 0.3) is 0 Å². The monoisotopic (exact) mass is 387 g/mol. The van der Waals surface area contributed by atoms with E-state index in [1.807, 2.05) is 0 Å². The van der Waals surface area contributed by atoms with Crippen LogP contribution in [0.15, 0.2) is 47.6 Å². The summed E-state index contributed by atoms with van der Waals surface area (Å²) in [6, 6.07) is 11.0. The SMILES string of the molecule is COc1ccc(Oc2ccc(/C=N/NC(=O)OC(C)(C)C)cc2[N+](=O)[O-])cc1. The molecule has 0 aromatic heterocycles. The number of ether oxygens (including phenoxy) is 3. The maximum atomic E-state index is 11.5. The second kappa shape index (κ2) is 8.85. The third-order valence-corrected chi connectivity index (χ3v) is 3.24. The molecule has 0 heterocycles. The van der Waals surface area contributed by atoms with Gasteiger partial charge in [0.15, 0.2) is 0 Å². The molecule has 0 aliphatic heterocycles. The summed E-state index contributed by atoms with van der Waals surface area (Å²) in [4.78, 5) is 22.4. The predicted molar refractivity (Wildman–Crippen MR) is 103 cm³/mol. The lowest BCUT2D eigenvalue weighted by atomic mass is 10.2. The first kappa shape index (κ1) is 20.7. The Morgan fingerprint density at radius 2 is 1.79 bits per heavy atom. The van der Waals surface area contributed by atoms with E-state index in [4.69, 9.17) is 14.2 Å². The van der Waals surface area contributed by atoms with Crippen LogP contribution >= 0.6 is 0 Å². The number of rotatable bonds is 6. The Balaban J connectivity index is 2.12. The van der Waals surface area contributed by atoms with E-state index in [0.29, 0.717) is 17.1 Å². The number of nitrogens with one attached hydrogen (secondary N) is 1. The standard InChI is InChI=1S/C19H21N3O6/c1-19(2,3)28-18(23)21-20-12-13-5-10-17(16(11-13)22(24)25)27-15-8-6-14(26-4)7-9-15/h5-12H,1-4H3,(H,21,23)/b20-12+. The zero-order valence-electron chi connectivity index (χ0n) is 16.0. The second-order valence-electron chi connectivity index (χ2n) is 6.63. The molecule has 0 radical (unpaired) electrons. The summed E-state index contributed by atoms with van der Waals surface area (Å²) in [5.74, 6) is 1.15. The van der Waals surface area contributed by atoms with Gasteiger partial charge in [0.05, 0.1) is 18.2 Å². The first-order chi connectivity index (χ1) is 13.2. The van der Waals surface area contributed by atoms with Crippen LogP contribution in [0.1, 0.15) is 26.3 Å². The Morgan fingerprint density at radius 1 is 1.14 bits per heavy atom. The van der Waals surface area contributed by atoms with Gasteiger partial charge in [-0.15, -0.1) is 0 Å². The van der Waals surface area contributed by atoms with Crippen LogP contribution in [-0.2, 0) is 4.74 Å². The highest BCUT2D eigenvalue weighted by Gasteiger charge is 2.17. The normalized spacial score (nSPS) is 11.1. The number of nitrogens with zero attached hydrogens (tertiary/aromatic N) is 2. The minimum Gasteiger partial charge on any atom is -0.497 e. The number of carbonyl (C=O) groups excluding carboxylic acids is 1. The number of amides is 1. The summed E-state index contributed by atoms with van der Waals surface area (Å²) in [5, 5.41) is 15.1. The molecule has 0 unspecified atom stereocenters. The van der Waals surface area contributed by atoms with Crippen LogP contribution in [0, 0.1) is 10.1 Å². The third kappa shape index (κ3) is 6.27. The summed E-state index contributed by atoms with van der Waals surface area (Å²) in [6.07, 6.45) is 0.548. The quantitative estimate of drug-likeness (QED) is 0.450. The zero-order chi connectivity index (χ0) is 20.7. The number of hydrogen-bond acceptors (Lipinski definition) is 7. The van der Waals surface area contributed by atoms with Gasteiger partial charge in [-0.05, 0) is 57.2 Å². The van der Waals surface area contributed by atoms with Crippen LogP contribution in [0.2, 0.25) is 0 Å². The van der Waals surface area contributed by atoms with Crippen molar-refractivity contribution in [2.45, 2.75) is 26.4 Å². The molecule has 28 heavy (non-hydrogen) atoms. The Labute approximate surface area is 162 Å². The van der Waals surface area contributed by atoms with Crippen LogP contribution < -0.4 is 14.9 Å². The molecule has 0 saturated carbocycles. The molecule has 0 aliphatic rings.